The maximum Gasteiger partial charge on any atom is 0.316 e. The number of hydrogen-bond donors (Lipinski definition) is 1. The van der Waals surface area contributed by atoms with Crippen molar-refractivity contribution in [2.45, 2.75) is 32.8 Å². The molecule has 0 aromatic heterocycles. The SMILES string of the molecule is CC(C)(C)OC(=O)CSCCCO. The lowest BCUT2D eigenvalue weighted by Crippen LogP contribution is -2.25. The summed E-state index contributed by atoms with van der Waals surface area (Å²) in [5, 5.41) is 8.49. The summed E-state index contributed by atoms with van der Waals surface area (Å²) in [5.41, 5.74) is -0.394. The summed E-state index contributed by atoms with van der Waals surface area (Å²) in [6, 6.07) is 0. The van der Waals surface area contributed by atoms with E-state index >= 15 is 0 Å². The Labute approximate surface area is 83.9 Å². The van der Waals surface area contributed by atoms with Gasteiger partial charge in [0.05, 0.1) is 5.75 Å². The van der Waals surface area contributed by atoms with Crippen LogP contribution in [0.4, 0.5) is 0 Å². The number of aliphatic hydroxyl groups excluding tert-OH is 1. The van der Waals surface area contributed by atoms with E-state index in [-0.39, 0.29) is 12.6 Å². The summed E-state index contributed by atoms with van der Waals surface area (Å²) >= 11 is 1.49. The monoisotopic (exact) mass is 206 g/mol. The third kappa shape index (κ3) is 9.70. The number of rotatable bonds is 5. The summed E-state index contributed by atoms with van der Waals surface area (Å²) in [4.78, 5) is 11.1. The summed E-state index contributed by atoms with van der Waals surface area (Å²) < 4.78 is 5.10. The molecular weight excluding hydrogens is 188 g/mol. The Morgan fingerprint density at radius 3 is 2.54 bits per heavy atom. The van der Waals surface area contributed by atoms with Crippen LogP contribution in [0.5, 0.6) is 0 Å². The van der Waals surface area contributed by atoms with Crippen LogP contribution in [0, 0.1) is 0 Å². The lowest BCUT2D eigenvalue weighted by molar-refractivity contribution is -0.151. The minimum absolute atomic E-state index is 0.182. The highest BCUT2D eigenvalue weighted by atomic mass is 32.2. The molecule has 0 aliphatic heterocycles. The van der Waals surface area contributed by atoms with Crippen molar-refractivity contribution in [1.82, 2.24) is 0 Å². The van der Waals surface area contributed by atoms with Crippen LogP contribution in [-0.4, -0.2) is 34.8 Å². The molecule has 78 valence electrons. The fourth-order valence-corrected chi connectivity index (χ4v) is 1.40. The molecule has 0 heterocycles. The van der Waals surface area contributed by atoms with Crippen molar-refractivity contribution in [2.24, 2.45) is 0 Å². The zero-order valence-electron chi connectivity index (χ0n) is 8.50. The quantitative estimate of drug-likeness (QED) is 0.546. The molecule has 0 aliphatic rings. The van der Waals surface area contributed by atoms with Gasteiger partial charge >= 0.3 is 5.97 Å². The van der Waals surface area contributed by atoms with Crippen LogP contribution in [-0.2, 0) is 9.53 Å². The first kappa shape index (κ1) is 12.8. The Morgan fingerprint density at radius 1 is 1.46 bits per heavy atom. The second-order valence-electron chi connectivity index (χ2n) is 3.72. The lowest BCUT2D eigenvalue weighted by atomic mass is 10.2. The van der Waals surface area contributed by atoms with E-state index < -0.39 is 5.60 Å². The van der Waals surface area contributed by atoms with Crippen LogP contribution in [0.3, 0.4) is 0 Å². The van der Waals surface area contributed by atoms with Gasteiger partial charge < -0.3 is 9.84 Å². The second-order valence-corrected chi connectivity index (χ2v) is 4.82. The molecular formula is C9H18O3S. The van der Waals surface area contributed by atoms with Crippen molar-refractivity contribution in [1.29, 1.82) is 0 Å². The summed E-state index contributed by atoms with van der Waals surface area (Å²) in [6.45, 7) is 5.73. The molecule has 0 saturated heterocycles. The number of esters is 1. The van der Waals surface area contributed by atoms with E-state index in [0.29, 0.717) is 5.75 Å². The Morgan fingerprint density at radius 2 is 2.08 bits per heavy atom. The van der Waals surface area contributed by atoms with Crippen LogP contribution in [0.1, 0.15) is 27.2 Å². The summed E-state index contributed by atoms with van der Waals surface area (Å²) in [6.07, 6.45) is 0.730. The van der Waals surface area contributed by atoms with Gasteiger partial charge in [0.2, 0.25) is 0 Å². The molecule has 13 heavy (non-hydrogen) atoms. The molecule has 0 spiro atoms. The van der Waals surface area contributed by atoms with Gasteiger partial charge in [0.25, 0.3) is 0 Å². The fourth-order valence-electron chi connectivity index (χ4n) is 0.693. The van der Waals surface area contributed by atoms with Gasteiger partial charge in [-0.25, -0.2) is 0 Å². The maximum atomic E-state index is 11.1. The maximum absolute atomic E-state index is 11.1. The minimum Gasteiger partial charge on any atom is -0.459 e. The predicted molar refractivity (Wildman–Crippen MR) is 54.9 cm³/mol. The van der Waals surface area contributed by atoms with Crippen LogP contribution in [0.25, 0.3) is 0 Å². The van der Waals surface area contributed by atoms with E-state index in [0.717, 1.165) is 12.2 Å². The largest absolute Gasteiger partial charge is 0.459 e. The normalized spacial score (nSPS) is 11.4. The van der Waals surface area contributed by atoms with E-state index in [2.05, 4.69) is 0 Å². The number of hydrogen-bond acceptors (Lipinski definition) is 4. The highest BCUT2D eigenvalue weighted by Crippen LogP contribution is 2.10. The lowest BCUT2D eigenvalue weighted by Gasteiger charge is -2.19. The predicted octanol–water partition coefficient (Wildman–Crippen LogP) is 1.44. The Kier molecular flexibility index (Phi) is 6.16. The number of thioether (sulfide) groups is 1. The van der Waals surface area contributed by atoms with Gasteiger partial charge in [0, 0.05) is 6.61 Å². The van der Waals surface area contributed by atoms with Crippen molar-refractivity contribution < 1.29 is 14.6 Å². The van der Waals surface area contributed by atoms with Crippen molar-refractivity contribution >= 4 is 17.7 Å². The molecule has 0 aromatic carbocycles. The first-order chi connectivity index (χ1) is 5.95. The Hall–Kier alpha value is -0.220. The molecule has 0 saturated carbocycles. The Balaban J connectivity index is 3.41. The highest BCUT2D eigenvalue weighted by Gasteiger charge is 2.15. The molecule has 0 aromatic rings. The Bertz CT molecular complexity index is 151. The van der Waals surface area contributed by atoms with Gasteiger partial charge in [0.15, 0.2) is 0 Å². The van der Waals surface area contributed by atoms with Crippen molar-refractivity contribution in [3.05, 3.63) is 0 Å². The molecule has 0 unspecified atom stereocenters. The smallest absolute Gasteiger partial charge is 0.316 e. The van der Waals surface area contributed by atoms with E-state index in [1.807, 2.05) is 20.8 Å². The van der Waals surface area contributed by atoms with Crippen LogP contribution in [0.15, 0.2) is 0 Å². The number of ether oxygens (including phenoxy) is 1. The number of carbonyl (C=O) groups is 1. The van der Waals surface area contributed by atoms with Crippen LogP contribution in [0.2, 0.25) is 0 Å². The molecule has 0 rings (SSSR count). The third-order valence-corrected chi connectivity index (χ3v) is 2.10. The summed E-state index contributed by atoms with van der Waals surface area (Å²) in [7, 11) is 0. The topological polar surface area (TPSA) is 46.5 Å². The zero-order valence-corrected chi connectivity index (χ0v) is 9.32. The van der Waals surface area contributed by atoms with Gasteiger partial charge in [-0.3, -0.25) is 4.79 Å². The number of carbonyl (C=O) groups excluding carboxylic acids is 1. The number of aliphatic hydroxyl groups is 1. The third-order valence-electron chi connectivity index (χ3n) is 1.09. The van der Waals surface area contributed by atoms with E-state index in [4.69, 9.17) is 9.84 Å². The average Bonchev–Trinajstić information content (AvgIpc) is 1.94. The van der Waals surface area contributed by atoms with E-state index in [9.17, 15) is 4.79 Å². The molecule has 0 atom stereocenters. The first-order valence-corrected chi connectivity index (χ1v) is 5.51. The second kappa shape index (κ2) is 6.27. The molecule has 0 bridgehead atoms. The minimum atomic E-state index is -0.394. The standard InChI is InChI=1S/C9H18O3S/c1-9(2,3)12-8(11)7-13-6-4-5-10/h10H,4-7H2,1-3H3. The molecule has 3 nitrogen and oxygen atoms in total. The molecule has 0 radical (unpaired) electrons. The molecule has 4 heteroatoms. The van der Waals surface area contributed by atoms with Crippen LogP contribution >= 0.6 is 11.8 Å². The van der Waals surface area contributed by atoms with Gasteiger partial charge in [-0.1, -0.05) is 0 Å². The summed E-state index contributed by atoms with van der Waals surface area (Å²) in [5.74, 6) is 0.989. The van der Waals surface area contributed by atoms with Gasteiger partial charge in [-0.2, -0.15) is 11.8 Å². The molecule has 0 amide bonds. The van der Waals surface area contributed by atoms with Gasteiger partial charge in [-0.15, -0.1) is 0 Å². The van der Waals surface area contributed by atoms with E-state index in [1.165, 1.54) is 11.8 Å². The van der Waals surface area contributed by atoms with Crippen molar-refractivity contribution in [3.8, 4) is 0 Å². The van der Waals surface area contributed by atoms with Crippen molar-refractivity contribution in [2.75, 3.05) is 18.1 Å². The fraction of sp³-hybridized carbons (Fsp3) is 0.889. The molecule has 1 N–H and O–H groups in total. The highest BCUT2D eigenvalue weighted by molar-refractivity contribution is 7.99. The first-order valence-electron chi connectivity index (χ1n) is 4.36. The molecule has 0 aliphatic carbocycles. The van der Waals surface area contributed by atoms with Crippen molar-refractivity contribution in [3.63, 3.8) is 0 Å². The average molecular weight is 206 g/mol. The van der Waals surface area contributed by atoms with E-state index in [1.54, 1.807) is 0 Å². The van der Waals surface area contributed by atoms with Gasteiger partial charge in [0.1, 0.15) is 5.60 Å². The van der Waals surface area contributed by atoms with Gasteiger partial charge in [-0.05, 0) is 32.9 Å². The molecule has 0 fully saturated rings. The van der Waals surface area contributed by atoms with Crippen LogP contribution < -0.4 is 0 Å². The zero-order chi connectivity index (χ0) is 10.3.